The lowest BCUT2D eigenvalue weighted by atomic mass is 10.2. The number of rotatable bonds is 4. The molecular formula is C13H13BrN2O3. The zero-order valence-corrected chi connectivity index (χ0v) is 11.9. The van der Waals surface area contributed by atoms with Crippen molar-refractivity contribution in [2.24, 2.45) is 0 Å². The lowest BCUT2D eigenvalue weighted by Crippen LogP contribution is -2.03. The van der Waals surface area contributed by atoms with Crippen LogP contribution in [0, 0.1) is 0 Å². The van der Waals surface area contributed by atoms with E-state index < -0.39 is 0 Å². The molecule has 1 N–H and O–H groups in total. The van der Waals surface area contributed by atoms with E-state index in [2.05, 4.69) is 21.0 Å². The van der Waals surface area contributed by atoms with Crippen LogP contribution in [0.25, 0.3) is 5.69 Å². The predicted octanol–water partition coefficient (Wildman–Crippen LogP) is 2.30. The van der Waals surface area contributed by atoms with Crippen molar-refractivity contribution >= 4 is 21.9 Å². The van der Waals surface area contributed by atoms with Crippen LogP contribution >= 0.6 is 15.9 Å². The molecule has 2 rings (SSSR count). The third-order valence-corrected chi connectivity index (χ3v) is 3.30. The number of ether oxygens (including phenoxy) is 1. The summed E-state index contributed by atoms with van der Waals surface area (Å²) in [7, 11) is 0. The second-order valence-corrected chi connectivity index (χ2v) is 4.68. The van der Waals surface area contributed by atoms with Gasteiger partial charge in [-0.2, -0.15) is 5.10 Å². The summed E-state index contributed by atoms with van der Waals surface area (Å²) in [6.45, 7) is 2.06. The molecule has 1 aromatic carbocycles. The summed E-state index contributed by atoms with van der Waals surface area (Å²) >= 11 is 3.37. The Balaban J connectivity index is 2.27. The van der Waals surface area contributed by atoms with E-state index in [9.17, 15) is 4.79 Å². The Kier molecular flexibility index (Phi) is 4.34. The Morgan fingerprint density at radius 1 is 1.53 bits per heavy atom. The van der Waals surface area contributed by atoms with Gasteiger partial charge in [-0.05, 0) is 24.6 Å². The Labute approximate surface area is 118 Å². The third kappa shape index (κ3) is 3.02. The Morgan fingerprint density at radius 2 is 2.32 bits per heavy atom. The first-order chi connectivity index (χ1) is 9.15. The van der Waals surface area contributed by atoms with Crippen LogP contribution in [0.2, 0.25) is 0 Å². The highest BCUT2D eigenvalue weighted by Gasteiger charge is 2.10. The number of hydrogen-bond acceptors (Lipinski definition) is 4. The van der Waals surface area contributed by atoms with E-state index in [1.165, 1.54) is 6.20 Å². The van der Waals surface area contributed by atoms with Crippen LogP contribution in [0.4, 0.5) is 0 Å². The second-order valence-electron chi connectivity index (χ2n) is 3.83. The van der Waals surface area contributed by atoms with Crippen LogP contribution in [-0.2, 0) is 11.3 Å². The molecule has 0 radical (unpaired) electrons. The van der Waals surface area contributed by atoms with Crippen molar-refractivity contribution in [3.8, 4) is 5.69 Å². The van der Waals surface area contributed by atoms with Crippen LogP contribution in [-0.4, -0.2) is 27.5 Å². The van der Waals surface area contributed by atoms with Crippen molar-refractivity contribution in [2.75, 3.05) is 6.61 Å². The largest absolute Gasteiger partial charge is 0.462 e. The summed E-state index contributed by atoms with van der Waals surface area (Å²) in [5, 5.41) is 13.2. The smallest absolute Gasteiger partial charge is 0.341 e. The third-order valence-electron chi connectivity index (χ3n) is 2.57. The highest BCUT2D eigenvalue weighted by molar-refractivity contribution is 9.10. The average Bonchev–Trinajstić information content (AvgIpc) is 2.88. The van der Waals surface area contributed by atoms with Gasteiger partial charge in [0.05, 0.1) is 30.7 Å². The van der Waals surface area contributed by atoms with Gasteiger partial charge in [-0.25, -0.2) is 9.48 Å². The molecule has 5 nitrogen and oxygen atoms in total. The molecule has 1 aromatic heterocycles. The first-order valence-electron chi connectivity index (χ1n) is 5.77. The standard InChI is InChI=1S/C13H13BrN2O3/c1-2-19-13(18)10-6-15-16(7-10)11-4-3-9(8-17)12(14)5-11/h3-7,17H,2,8H2,1H3. The van der Waals surface area contributed by atoms with Crippen molar-refractivity contribution in [3.63, 3.8) is 0 Å². The Bertz CT molecular complexity index is 595. The van der Waals surface area contributed by atoms with Crippen LogP contribution in [0.5, 0.6) is 0 Å². The topological polar surface area (TPSA) is 64.3 Å². The number of halogens is 1. The van der Waals surface area contributed by atoms with E-state index in [4.69, 9.17) is 9.84 Å². The normalized spacial score (nSPS) is 10.5. The number of esters is 1. The van der Waals surface area contributed by atoms with Gasteiger partial charge in [0, 0.05) is 10.7 Å². The molecule has 2 aromatic rings. The van der Waals surface area contributed by atoms with Gasteiger partial charge in [0.25, 0.3) is 0 Å². The van der Waals surface area contributed by atoms with Gasteiger partial charge in [-0.3, -0.25) is 0 Å². The highest BCUT2D eigenvalue weighted by Crippen LogP contribution is 2.21. The van der Waals surface area contributed by atoms with Gasteiger partial charge in [0.15, 0.2) is 0 Å². The SMILES string of the molecule is CCOC(=O)c1cnn(-c2ccc(CO)c(Br)c2)c1. The number of carbonyl (C=O) groups excluding carboxylic acids is 1. The molecule has 19 heavy (non-hydrogen) atoms. The lowest BCUT2D eigenvalue weighted by Gasteiger charge is -2.05. The maximum absolute atomic E-state index is 11.5. The van der Waals surface area contributed by atoms with Gasteiger partial charge >= 0.3 is 5.97 Å². The van der Waals surface area contributed by atoms with Crippen molar-refractivity contribution in [3.05, 3.63) is 46.2 Å². The number of aromatic nitrogens is 2. The number of aliphatic hydroxyl groups excluding tert-OH is 1. The molecule has 100 valence electrons. The number of hydrogen-bond donors (Lipinski definition) is 1. The molecule has 0 fully saturated rings. The summed E-state index contributed by atoms with van der Waals surface area (Å²) in [5.74, 6) is -0.389. The summed E-state index contributed by atoms with van der Waals surface area (Å²) in [4.78, 5) is 11.5. The Hall–Kier alpha value is -1.66. The number of benzene rings is 1. The molecule has 0 spiro atoms. The summed E-state index contributed by atoms with van der Waals surface area (Å²) in [5.41, 5.74) is 1.99. The van der Waals surface area contributed by atoms with E-state index in [0.717, 1.165) is 15.7 Å². The molecule has 0 saturated heterocycles. The van der Waals surface area contributed by atoms with Gasteiger partial charge in [-0.1, -0.05) is 22.0 Å². The first kappa shape index (κ1) is 13.8. The molecule has 0 amide bonds. The zero-order valence-electron chi connectivity index (χ0n) is 10.3. The number of aliphatic hydroxyl groups is 1. The van der Waals surface area contributed by atoms with Crippen LogP contribution < -0.4 is 0 Å². The van der Waals surface area contributed by atoms with E-state index >= 15 is 0 Å². The predicted molar refractivity (Wildman–Crippen MR) is 73.1 cm³/mol. The van der Waals surface area contributed by atoms with E-state index in [1.807, 2.05) is 12.1 Å². The quantitative estimate of drug-likeness (QED) is 0.876. The Morgan fingerprint density at radius 3 is 2.95 bits per heavy atom. The fourth-order valence-electron chi connectivity index (χ4n) is 1.59. The average molecular weight is 325 g/mol. The van der Waals surface area contributed by atoms with Crippen LogP contribution in [0.3, 0.4) is 0 Å². The molecule has 6 heteroatoms. The first-order valence-corrected chi connectivity index (χ1v) is 6.56. The molecule has 0 atom stereocenters. The van der Waals surface area contributed by atoms with Gasteiger partial charge in [0.2, 0.25) is 0 Å². The van der Waals surface area contributed by atoms with Gasteiger partial charge in [-0.15, -0.1) is 0 Å². The van der Waals surface area contributed by atoms with Crippen molar-refractivity contribution in [1.29, 1.82) is 0 Å². The molecule has 0 aliphatic heterocycles. The monoisotopic (exact) mass is 324 g/mol. The van der Waals surface area contributed by atoms with Crippen LogP contribution in [0.15, 0.2) is 35.1 Å². The summed E-state index contributed by atoms with van der Waals surface area (Å²) in [6, 6.07) is 5.44. The number of carbonyl (C=O) groups is 1. The van der Waals surface area contributed by atoms with Crippen molar-refractivity contribution in [2.45, 2.75) is 13.5 Å². The van der Waals surface area contributed by atoms with Crippen molar-refractivity contribution < 1.29 is 14.6 Å². The summed E-state index contributed by atoms with van der Waals surface area (Å²) in [6.07, 6.45) is 3.07. The molecule has 1 heterocycles. The molecule has 0 unspecified atom stereocenters. The van der Waals surface area contributed by atoms with Gasteiger partial charge in [0.1, 0.15) is 0 Å². The fourth-order valence-corrected chi connectivity index (χ4v) is 2.08. The lowest BCUT2D eigenvalue weighted by molar-refractivity contribution is 0.0526. The van der Waals surface area contributed by atoms with E-state index in [-0.39, 0.29) is 12.6 Å². The maximum Gasteiger partial charge on any atom is 0.341 e. The molecule has 0 aliphatic rings. The molecule has 0 bridgehead atoms. The van der Waals surface area contributed by atoms with E-state index in [1.54, 1.807) is 23.9 Å². The second kappa shape index (κ2) is 5.99. The van der Waals surface area contributed by atoms with Crippen LogP contribution in [0.1, 0.15) is 22.8 Å². The molecule has 0 saturated carbocycles. The minimum absolute atomic E-state index is 0.0337. The highest BCUT2D eigenvalue weighted by atomic mass is 79.9. The van der Waals surface area contributed by atoms with Gasteiger partial charge < -0.3 is 9.84 Å². The van der Waals surface area contributed by atoms with Crippen molar-refractivity contribution in [1.82, 2.24) is 9.78 Å². The zero-order chi connectivity index (χ0) is 13.8. The minimum atomic E-state index is -0.389. The molecule has 0 aliphatic carbocycles. The maximum atomic E-state index is 11.5. The fraction of sp³-hybridized carbons (Fsp3) is 0.231. The number of nitrogens with zero attached hydrogens (tertiary/aromatic N) is 2. The van der Waals surface area contributed by atoms with E-state index in [0.29, 0.717) is 12.2 Å². The molecular weight excluding hydrogens is 312 g/mol. The minimum Gasteiger partial charge on any atom is -0.462 e. The summed E-state index contributed by atoms with van der Waals surface area (Å²) < 4.78 is 7.28.